The number of isocyanates is 1. The molecule has 0 amide bonds. The normalized spacial score (nSPS) is 15.5. The third-order valence-electron chi connectivity index (χ3n) is 3.04. The van der Waals surface area contributed by atoms with Gasteiger partial charge in [-0.1, -0.05) is 6.07 Å². The molecule has 1 fully saturated rings. The molecule has 0 spiro atoms. The molecular formula is C13H15BrN2O. The van der Waals surface area contributed by atoms with Crippen LogP contribution in [0.15, 0.2) is 27.7 Å². The van der Waals surface area contributed by atoms with E-state index in [0.29, 0.717) is 6.54 Å². The van der Waals surface area contributed by atoms with E-state index in [1.165, 1.54) is 24.9 Å². The Morgan fingerprint density at radius 3 is 2.71 bits per heavy atom. The largest absolute Gasteiger partial charge is 0.371 e. The van der Waals surface area contributed by atoms with Crippen LogP contribution in [-0.4, -0.2) is 19.2 Å². The lowest BCUT2D eigenvalue weighted by atomic mass is 10.1. The fourth-order valence-corrected chi connectivity index (χ4v) is 2.84. The van der Waals surface area contributed by atoms with Crippen LogP contribution >= 0.6 is 15.9 Å². The van der Waals surface area contributed by atoms with Gasteiger partial charge in [0.25, 0.3) is 0 Å². The van der Waals surface area contributed by atoms with E-state index in [-0.39, 0.29) is 0 Å². The van der Waals surface area contributed by atoms with E-state index in [9.17, 15) is 4.79 Å². The maximum absolute atomic E-state index is 10.1. The maximum Gasteiger partial charge on any atom is 0.235 e. The van der Waals surface area contributed by atoms with Gasteiger partial charge in [0.2, 0.25) is 6.08 Å². The number of halogens is 1. The van der Waals surface area contributed by atoms with Gasteiger partial charge in [-0.2, -0.15) is 0 Å². The summed E-state index contributed by atoms with van der Waals surface area (Å²) in [7, 11) is 0. The van der Waals surface area contributed by atoms with Crippen molar-refractivity contribution < 1.29 is 4.79 Å². The van der Waals surface area contributed by atoms with Gasteiger partial charge in [-0.25, -0.2) is 9.79 Å². The van der Waals surface area contributed by atoms with Crippen molar-refractivity contribution >= 4 is 27.7 Å². The number of rotatable bonds is 3. The van der Waals surface area contributed by atoms with Gasteiger partial charge in [-0.05, 0) is 52.9 Å². The molecule has 0 N–H and O–H groups in total. The molecule has 1 aliphatic heterocycles. The Balaban J connectivity index is 2.15. The summed E-state index contributed by atoms with van der Waals surface area (Å²) in [5.41, 5.74) is 2.27. The molecule has 0 unspecified atom stereocenters. The first-order chi connectivity index (χ1) is 8.31. The predicted octanol–water partition coefficient (Wildman–Crippen LogP) is 3.28. The number of carbonyl (C=O) groups excluding carboxylic acids is 1. The number of benzene rings is 1. The molecule has 1 aliphatic rings. The lowest BCUT2D eigenvalue weighted by Crippen LogP contribution is -2.29. The van der Waals surface area contributed by atoms with E-state index >= 15 is 0 Å². The second-order valence-electron chi connectivity index (χ2n) is 4.24. The summed E-state index contributed by atoms with van der Waals surface area (Å²) < 4.78 is 1.08. The van der Waals surface area contributed by atoms with Gasteiger partial charge in [0.1, 0.15) is 0 Å². The SMILES string of the molecule is O=C=NCc1ccc(N2CCCCC2)c(Br)c1. The van der Waals surface area contributed by atoms with Crippen LogP contribution in [0.3, 0.4) is 0 Å². The Hall–Kier alpha value is -1.12. The first-order valence-electron chi connectivity index (χ1n) is 5.88. The van der Waals surface area contributed by atoms with Crippen LogP contribution in [0.2, 0.25) is 0 Å². The van der Waals surface area contributed by atoms with Gasteiger partial charge in [0.05, 0.1) is 12.2 Å². The van der Waals surface area contributed by atoms with Gasteiger partial charge in [-0.3, -0.25) is 0 Å². The highest BCUT2D eigenvalue weighted by molar-refractivity contribution is 9.10. The summed E-state index contributed by atoms with van der Waals surface area (Å²) in [5, 5.41) is 0. The van der Waals surface area contributed by atoms with E-state index < -0.39 is 0 Å². The van der Waals surface area contributed by atoms with E-state index in [1.54, 1.807) is 6.08 Å². The summed E-state index contributed by atoms with van der Waals surface area (Å²) in [6.07, 6.45) is 5.43. The zero-order chi connectivity index (χ0) is 12.1. The number of aliphatic imine (C=N–C) groups is 1. The molecule has 1 aromatic carbocycles. The minimum Gasteiger partial charge on any atom is -0.371 e. The third kappa shape index (κ3) is 3.18. The van der Waals surface area contributed by atoms with Crippen LogP contribution in [0.1, 0.15) is 24.8 Å². The predicted molar refractivity (Wildman–Crippen MR) is 72.0 cm³/mol. The lowest BCUT2D eigenvalue weighted by Gasteiger charge is -2.29. The van der Waals surface area contributed by atoms with Crippen LogP contribution < -0.4 is 4.90 Å². The number of hydrogen-bond donors (Lipinski definition) is 0. The van der Waals surface area contributed by atoms with Crippen LogP contribution in [0.5, 0.6) is 0 Å². The molecule has 1 heterocycles. The summed E-state index contributed by atoms with van der Waals surface area (Å²) >= 11 is 3.59. The minimum absolute atomic E-state index is 0.405. The molecule has 17 heavy (non-hydrogen) atoms. The van der Waals surface area contributed by atoms with E-state index in [1.807, 2.05) is 12.1 Å². The van der Waals surface area contributed by atoms with Gasteiger partial charge < -0.3 is 4.90 Å². The van der Waals surface area contributed by atoms with Crippen LogP contribution in [0.4, 0.5) is 5.69 Å². The second-order valence-corrected chi connectivity index (χ2v) is 5.10. The standard InChI is InChI=1S/C13H15BrN2O/c14-12-8-11(9-15-10-17)4-5-13(12)16-6-2-1-3-7-16/h4-5,8H,1-3,6-7,9H2. The maximum atomic E-state index is 10.1. The molecule has 0 bridgehead atoms. The van der Waals surface area contributed by atoms with E-state index in [4.69, 9.17) is 0 Å². The van der Waals surface area contributed by atoms with Crippen molar-refractivity contribution in [2.24, 2.45) is 4.99 Å². The van der Waals surface area contributed by atoms with Crippen LogP contribution in [-0.2, 0) is 11.3 Å². The van der Waals surface area contributed by atoms with Crippen molar-refractivity contribution in [3.05, 3.63) is 28.2 Å². The molecule has 0 radical (unpaired) electrons. The Bertz CT molecular complexity index is 435. The Morgan fingerprint density at radius 2 is 2.06 bits per heavy atom. The zero-order valence-corrected chi connectivity index (χ0v) is 11.2. The van der Waals surface area contributed by atoms with E-state index in [2.05, 4.69) is 31.9 Å². The first kappa shape index (κ1) is 12.3. The van der Waals surface area contributed by atoms with Gasteiger partial charge in [0, 0.05) is 17.6 Å². The molecule has 0 aromatic heterocycles. The molecule has 2 rings (SSSR count). The summed E-state index contributed by atoms with van der Waals surface area (Å²) in [6.45, 7) is 2.66. The molecule has 4 heteroatoms. The lowest BCUT2D eigenvalue weighted by molar-refractivity contribution is 0.562. The molecular weight excluding hydrogens is 280 g/mol. The van der Waals surface area contributed by atoms with Crippen LogP contribution in [0, 0.1) is 0 Å². The van der Waals surface area contributed by atoms with E-state index in [0.717, 1.165) is 23.1 Å². The number of nitrogens with zero attached hydrogens (tertiary/aromatic N) is 2. The summed E-state index contributed by atoms with van der Waals surface area (Å²) in [4.78, 5) is 16.1. The minimum atomic E-state index is 0.405. The van der Waals surface area contributed by atoms with Crippen molar-refractivity contribution in [3.8, 4) is 0 Å². The summed E-state index contributed by atoms with van der Waals surface area (Å²) in [6, 6.07) is 6.16. The zero-order valence-electron chi connectivity index (χ0n) is 9.66. The average molecular weight is 295 g/mol. The fourth-order valence-electron chi connectivity index (χ4n) is 2.16. The van der Waals surface area contributed by atoms with Crippen molar-refractivity contribution in [3.63, 3.8) is 0 Å². The molecule has 0 atom stereocenters. The number of anilines is 1. The Labute approximate surface area is 110 Å². The quantitative estimate of drug-likeness (QED) is 0.633. The molecule has 0 saturated carbocycles. The topological polar surface area (TPSA) is 32.7 Å². The monoisotopic (exact) mass is 294 g/mol. The van der Waals surface area contributed by atoms with Gasteiger partial charge in [-0.15, -0.1) is 0 Å². The first-order valence-corrected chi connectivity index (χ1v) is 6.67. The van der Waals surface area contributed by atoms with Gasteiger partial charge in [0.15, 0.2) is 0 Å². The molecule has 1 saturated heterocycles. The highest BCUT2D eigenvalue weighted by atomic mass is 79.9. The highest BCUT2D eigenvalue weighted by Gasteiger charge is 2.13. The molecule has 90 valence electrons. The Morgan fingerprint density at radius 1 is 1.29 bits per heavy atom. The number of piperidine rings is 1. The summed E-state index contributed by atoms with van der Waals surface area (Å²) in [5.74, 6) is 0. The average Bonchev–Trinajstić information content (AvgIpc) is 2.37. The van der Waals surface area contributed by atoms with Crippen molar-refractivity contribution in [1.29, 1.82) is 0 Å². The van der Waals surface area contributed by atoms with Crippen molar-refractivity contribution in [2.45, 2.75) is 25.8 Å². The fraction of sp³-hybridized carbons (Fsp3) is 0.462. The highest BCUT2D eigenvalue weighted by Crippen LogP contribution is 2.29. The van der Waals surface area contributed by atoms with Crippen molar-refractivity contribution in [2.75, 3.05) is 18.0 Å². The number of hydrogen-bond acceptors (Lipinski definition) is 3. The Kier molecular flexibility index (Phi) is 4.35. The van der Waals surface area contributed by atoms with Gasteiger partial charge >= 0.3 is 0 Å². The second kappa shape index (κ2) is 5.99. The molecule has 0 aliphatic carbocycles. The molecule has 1 aromatic rings. The van der Waals surface area contributed by atoms with Crippen LogP contribution in [0.25, 0.3) is 0 Å². The molecule has 3 nitrogen and oxygen atoms in total. The smallest absolute Gasteiger partial charge is 0.235 e. The van der Waals surface area contributed by atoms with Crippen molar-refractivity contribution in [1.82, 2.24) is 0 Å². The third-order valence-corrected chi connectivity index (χ3v) is 3.67.